The monoisotopic (exact) mass is 485 g/mol. The molecule has 0 aliphatic rings. The molecule has 1 aromatic heterocycles. The maximum atomic E-state index is 13.2. The van der Waals surface area contributed by atoms with Crippen LogP contribution in [0.2, 0.25) is 5.02 Å². The minimum atomic E-state index is -3.40. The Bertz CT molecular complexity index is 1410. The number of para-hydroxylation sites is 1. The number of carbonyl (C=O) groups is 1. The number of nitrogens with one attached hydrogen (secondary N) is 1. The molecule has 0 saturated heterocycles. The standard InChI is InChI=1S/C24H20ClNO4S2/c1-15-7-12-18(32(2,28)29)13-21(15)26-24(27)23-20(19-5-3-4-6-22(19)30-23)14-31-17-10-8-16(25)9-11-17/h3-13H,14H2,1-2H3,(H,26,27). The summed E-state index contributed by atoms with van der Waals surface area (Å²) in [5.41, 5.74) is 2.56. The summed E-state index contributed by atoms with van der Waals surface area (Å²) >= 11 is 7.54. The van der Waals surface area contributed by atoms with E-state index in [0.717, 1.165) is 27.7 Å². The molecule has 0 radical (unpaired) electrons. The Morgan fingerprint density at radius 1 is 1.06 bits per heavy atom. The van der Waals surface area contributed by atoms with E-state index in [1.54, 1.807) is 24.8 Å². The molecule has 164 valence electrons. The van der Waals surface area contributed by atoms with Crippen molar-refractivity contribution < 1.29 is 17.6 Å². The van der Waals surface area contributed by atoms with Crippen LogP contribution in [0.15, 0.2) is 80.9 Å². The number of halogens is 1. The predicted molar refractivity (Wildman–Crippen MR) is 129 cm³/mol. The second-order valence-electron chi connectivity index (χ2n) is 7.35. The first-order valence-electron chi connectivity index (χ1n) is 9.73. The third-order valence-corrected chi connectivity index (χ3v) is 7.39. The fraction of sp³-hybridized carbons (Fsp3) is 0.125. The van der Waals surface area contributed by atoms with Gasteiger partial charge in [0.25, 0.3) is 5.91 Å². The Kier molecular flexibility index (Phi) is 6.33. The van der Waals surface area contributed by atoms with Crippen molar-refractivity contribution in [2.75, 3.05) is 11.6 Å². The third-order valence-electron chi connectivity index (χ3n) is 4.99. The smallest absolute Gasteiger partial charge is 0.291 e. The molecule has 1 amide bonds. The maximum Gasteiger partial charge on any atom is 0.291 e. The van der Waals surface area contributed by atoms with Gasteiger partial charge in [0.1, 0.15) is 5.58 Å². The molecule has 0 spiro atoms. The fourth-order valence-corrected chi connectivity index (χ4v) is 4.96. The van der Waals surface area contributed by atoms with E-state index < -0.39 is 15.7 Å². The molecule has 8 heteroatoms. The van der Waals surface area contributed by atoms with Gasteiger partial charge in [-0.3, -0.25) is 4.79 Å². The number of fused-ring (bicyclic) bond motifs is 1. The molecule has 0 atom stereocenters. The molecule has 0 bridgehead atoms. The van der Waals surface area contributed by atoms with Crippen LogP contribution in [0.3, 0.4) is 0 Å². The second-order valence-corrected chi connectivity index (χ2v) is 10.9. The number of hydrogen-bond acceptors (Lipinski definition) is 5. The molecule has 0 aliphatic heterocycles. The van der Waals surface area contributed by atoms with Crippen LogP contribution < -0.4 is 5.32 Å². The molecular formula is C24H20ClNO4S2. The summed E-state index contributed by atoms with van der Waals surface area (Å²) in [7, 11) is -3.40. The van der Waals surface area contributed by atoms with E-state index in [0.29, 0.717) is 22.0 Å². The summed E-state index contributed by atoms with van der Waals surface area (Å²) in [4.78, 5) is 14.3. The topological polar surface area (TPSA) is 76.4 Å². The number of carbonyl (C=O) groups excluding carboxylic acids is 1. The number of amides is 1. The lowest BCUT2D eigenvalue weighted by Gasteiger charge is -2.10. The minimum Gasteiger partial charge on any atom is -0.451 e. The normalized spacial score (nSPS) is 11.6. The molecule has 3 aromatic carbocycles. The van der Waals surface area contributed by atoms with Crippen molar-refractivity contribution >= 4 is 55.8 Å². The van der Waals surface area contributed by atoms with Crippen LogP contribution in [-0.4, -0.2) is 20.6 Å². The Morgan fingerprint density at radius 3 is 2.50 bits per heavy atom. The van der Waals surface area contributed by atoms with Gasteiger partial charge in [0.2, 0.25) is 0 Å². The summed E-state index contributed by atoms with van der Waals surface area (Å²) in [5, 5.41) is 4.35. The molecule has 0 aliphatic carbocycles. The van der Waals surface area contributed by atoms with Gasteiger partial charge >= 0.3 is 0 Å². The highest BCUT2D eigenvalue weighted by Crippen LogP contribution is 2.33. The summed E-state index contributed by atoms with van der Waals surface area (Å²) in [6.45, 7) is 1.80. The van der Waals surface area contributed by atoms with Crippen LogP contribution in [0.1, 0.15) is 21.7 Å². The highest BCUT2D eigenvalue weighted by atomic mass is 35.5. The van der Waals surface area contributed by atoms with Gasteiger partial charge in [-0.25, -0.2) is 8.42 Å². The van der Waals surface area contributed by atoms with Crippen LogP contribution in [0.25, 0.3) is 11.0 Å². The summed E-state index contributed by atoms with van der Waals surface area (Å²) in [5.74, 6) is 0.294. The van der Waals surface area contributed by atoms with Crippen molar-refractivity contribution in [3.05, 3.63) is 88.6 Å². The zero-order chi connectivity index (χ0) is 22.9. The van der Waals surface area contributed by atoms with Crippen LogP contribution in [0.4, 0.5) is 5.69 Å². The fourth-order valence-electron chi connectivity index (χ4n) is 3.26. The third kappa shape index (κ3) is 4.85. The highest BCUT2D eigenvalue weighted by molar-refractivity contribution is 7.98. The van der Waals surface area contributed by atoms with Crippen LogP contribution in [0, 0.1) is 6.92 Å². The van der Waals surface area contributed by atoms with E-state index in [4.69, 9.17) is 16.0 Å². The largest absolute Gasteiger partial charge is 0.451 e. The van der Waals surface area contributed by atoms with Gasteiger partial charge in [0.15, 0.2) is 15.6 Å². The Hall–Kier alpha value is -2.74. The van der Waals surface area contributed by atoms with Crippen LogP contribution in [-0.2, 0) is 15.6 Å². The van der Waals surface area contributed by atoms with Crippen LogP contribution >= 0.6 is 23.4 Å². The zero-order valence-corrected chi connectivity index (χ0v) is 19.8. The first-order chi connectivity index (χ1) is 15.2. The first-order valence-corrected chi connectivity index (χ1v) is 13.0. The number of sulfone groups is 1. The number of thioether (sulfide) groups is 1. The number of benzene rings is 3. The number of anilines is 1. The number of furan rings is 1. The van der Waals surface area contributed by atoms with E-state index in [9.17, 15) is 13.2 Å². The molecule has 0 saturated carbocycles. The highest BCUT2D eigenvalue weighted by Gasteiger charge is 2.22. The lowest BCUT2D eigenvalue weighted by atomic mass is 10.1. The van der Waals surface area contributed by atoms with Crippen molar-refractivity contribution in [2.45, 2.75) is 22.5 Å². The minimum absolute atomic E-state index is 0.140. The molecular weight excluding hydrogens is 466 g/mol. The van der Waals surface area contributed by atoms with Crippen molar-refractivity contribution in [1.29, 1.82) is 0 Å². The molecule has 4 rings (SSSR count). The molecule has 1 heterocycles. The van der Waals surface area contributed by atoms with E-state index in [1.807, 2.05) is 48.5 Å². The van der Waals surface area contributed by atoms with Gasteiger partial charge in [-0.15, -0.1) is 11.8 Å². The van der Waals surface area contributed by atoms with E-state index in [2.05, 4.69) is 5.32 Å². The molecule has 32 heavy (non-hydrogen) atoms. The molecule has 1 N–H and O–H groups in total. The predicted octanol–water partition coefficient (Wildman–Crippen LogP) is 6.34. The average Bonchev–Trinajstić information content (AvgIpc) is 3.13. The Morgan fingerprint density at radius 2 is 1.78 bits per heavy atom. The molecule has 5 nitrogen and oxygen atoms in total. The number of aryl methyl sites for hydroxylation is 1. The molecule has 0 fully saturated rings. The lowest BCUT2D eigenvalue weighted by Crippen LogP contribution is -2.14. The SMILES string of the molecule is Cc1ccc(S(C)(=O)=O)cc1NC(=O)c1oc2ccccc2c1CSc1ccc(Cl)cc1. The summed E-state index contributed by atoms with van der Waals surface area (Å²) in [6, 6.07) is 19.6. The van der Waals surface area contributed by atoms with Gasteiger partial charge in [-0.2, -0.15) is 0 Å². The Balaban J connectivity index is 1.67. The van der Waals surface area contributed by atoms with Gasteiger partial charge in [-0.05, 0) is 55.0 Å². The summed E-state index contributed by atoms with van der Waals surface area (Å²) < 4.78 is 29.8. The molecule has 4 aromatic rings. The summed E-state index contributed by atoms with van der Waals surface area (Å²) in [6.07, 6.45) is 1.13. The van der Waals surface area contributed by atoms with Gasteiger partial charge in [-0.1, -0.05) is 35.9 Å². The van der Waals surface area contributed by atoms with E-state index in [-0.39, 0.29) is 10.7 Å². The first kappa shape index (κ1) is 22.5. The molecule has 0 unspecified atom stereocenters. The number of hydrogen-bond donors (Lipinski definition) is 1. The Labute approximate surface area is 195 Å². The maximum absolute atomic E-state index is 13.2. The van der Waals surface area contributed by atoms with Crippen molar-refractivity contribution in [3.63, 3.8) is 0 Å². The van der Waals surface area contributed by atoms with Gasteiger partial charge in [0.05, 0.1) is 4.90 Å². The van der Waals surface area contributed by atoms with Gasteiger partial charge in [0, 0.05) is 38.6 Å². The quantitative estimate of drug-likeness (QED) is 0.322. The number of rotatable bonds is 6. The van der Waals surface area contributed by atoms with E-state index in [1.165, 1.54) is 12.1 Å². The van der Waals surface area contributed by atoms with Crippen molar-refractivity contribution in [3.8, 4) is 0 Å². The van der Waals surface area contributed by atoms with Crippen molar-refractivity contribution in [2.24, 2.45) is 0 Å². The average molecular weight is 486 g/mol. The zero-order valence-electron chi connectivity index (χ0n) is 17.4. The lowest BCUT2D eigenvalue weighted by molar-refractivity contribution is 0.0997. The van der Waals surface area contributed by atoms with Crippen LogP contribution in [0.5, 0.6) is 0 Å². The second kappa shape index (κ2) is 9.02. The van der Waals surface area contributed by atoms with Gasteiger partial charge < -0.3 is 9.73 Å². The van der Waals surface area contributed by atoms with Crippen molar-refractivity contribution in [1.82, 2.24) is 0 Å². The van der Waals surface area contributed by atoms with E-state index >= 15 is 0 Å².